The van der Waals surface area contributed by atoms with Crippen LogP contribution in [0, 0.1) is 27.4 Å². The number of nitriles is 1. The first-order chi connectivity index (χ1) is 9.57. The van der Waals surface area contributed by atoms with Crippen LogP contribution in [0.5, 0.6) is 0 Å². The van der Waals surface area contributed by atoms with Crippen molar-refractivity contribution in [3.63, 3.8) is 0 Å². The Hall–Kier alpha value is -2.09. The average molecular weight is 275 g/mol. The third-order valence-electron chi connectivity index (χ3n) is 3.68. The normalized spacial score (nSPS) is 10.3. The van der Waals surface area contributed by atoms with Gasteiger partial charge in [-0.15, -0.1) is 0 Å². The Morgan fingerprint density at radius 3 is 2.45 bits per heavy atom. The number of nitrogens with zero attached hydrogens (tertiary/aromatic N) is 3. The molecule has 1 rings (SSSR count). The second-order valence-electron chi connectivity index (χ2n) is 4.79. The summed E-state index contributed by atoms with van der Waals surface area (Å²) in [6.45, 7) is 8.11. The van der Waals surface area contributed by atoms with Crippen LogP contribution in [0.3, 0.4) is 0 Å². The molecule has 5 heteroatoms. The van der Waals surface area contributed by atoms with E-state index in [1.165, 1.54) is 6.07 Å². The molecule has 0 saturated heterocycles. The van der Waals surface area contributed by atoms with E-state index in [0.717, 1.165) is 31.6 Å². The quantitative estimate of drug-likeness (QED) is 0.561. The lowest BCUT2D eigenvalue weighted by atomic mass is 10.0. The standard InChI is InChI=1S/C15H21N3O2/c1-4-12(5-2)11-17(6-3)14-7-8-15(18(19)20)13(9-14)10-16/h7-9,12H,4-6,11H2,1-3H3. The van der Waals surface area contributed by atoms with Gasteiger partial charge in [0.25, 0.3) is 5.69 Å². The zero-order valence-electron chi connectivity index (χ0n) is 12.3. The molecule has 0 aromatic heterocycles. The average Bonchev–Trinajstić information content (AvgIpc) is 2.47. The van der Waals surface area contributed by atoms with E-state index in [-0.39, 0.29) is 11.3 Å². The molecular formula is C15H21N3O2. The summed E-state index contributed by atoms with van der Waals surface area (Å²) in [6.07, 6.45) is 2.20. The molecule has 0 aliphatic carbocycles. The smallest absolute Gasteiger partial charge is 0.287 e. The van der Waals surface area contributed by atoms with Crippen molar-refractivity contribution in [2.45, 2.75) is 33.6 Å². The van der Waals surface area contributed by atoms with E-state index in [0.29, 0.717) is 5.92 Å². The molecule has 1 aromatic carbocycles. The lowest BCUT2D eigenvalue weighted by Gasteiger charge is -2.27. The van der Waals surface area contributed by atoms with Gasteiger partial charge in [0, 0.05) is 24.8 Å². The second-order valence-corrected chi connectivity index (χ2v) is 4.79. The summed E-state index contributed by atoms with van der Waals surface area (Å²) in [7, 11) is 0. The van der Waals surface area contributed by atoms with E-state index >= 15 is 0 Å². The maximum atomic E-state index is 10.8. The summed E-state index contributed by atoms with van der Waals surface area (Å²) in [6, 6.07) is 6.67. The summed E-state index contributed by atoms with van der Waals surface area (Å²) in [5, 5.41) is 19.9. The minimum atomic E-state index is -0.514. The van der Waals surface area contributed by atoms with Crippen molar-refractivity contribution in [3.05, 3.63) is 33.9 Å². The maximum absolute atomic E-state index is 10.8. The van der Waals surface area contributed by atoms with Gasteiger partial charge in [-0.1, -0.05) is 26.7 Å². The van der Waals surface area contributed by atoms with Crippen molar-refractivity contribution in [3.8, 4) is 6.07 Å². The Bertz CT molecular complexity index is 504. The molecule has 0 radical (unpaired) electrons. The predicted molar refractivity (Wildman–Crippen MR) is 79.8 cm³/mol. The number of nitro groups is 1. The number of anilines is 1. The van der Waals surface area contributed by atoms with Crippen LogP contribution in [0.2, 0.25) is 0 Å². The topological polar surface area (TPSA) is 70.2 Å². The van der Waals surface area contributed by atoms with Crippen LogP contribution in [-0.2, 0) is 0 Å². The maximum Gasteiger partial charge on any atom is 0.287 e. The van der Waals surface area contributed by atoms with Crippen LogP contribution in [0.4, 0.5) is 11.4 Å². The van der Waals surface area contributed by atoms with Gasteiger partial charge in [0.15, 0.2) is 0 Å². The van der Waals surface area contributed by atoms with Gasteiger partial charge in [-0.05, 0) is 25.0 Å². The zero-order chi connectivity index (χ0) is 15.1. The Labute approximate surface area is 120 Å². The van der Waals surface area contributed by atoms with Crippen molar-refractivity contribution >= 4 is 11.4 Å². The second kappa shape index (κ2) is 7.49. The highest BCUT2D eigenvalue weighted by Gasteiger charge is 2.17. The fourth-order valence-corrected chi connectivity index (χ4v) is 2.25. The van der Waals surface area contributed by atoms with Crippen LogP contribution in [0.15, 0.2) is 18.2 Å². The van der Waals surface area contributed by atoms with Crippen molar-refractivity contribution in [2.75, 3.05) is 18.0 Å². The van der Waals surface area contributed by atoms with Crippen LogP contribution < -0.4 is 4.90 Å². The number of rotatable bonds is 7. The molecule has 0 fully saturated rings. The summed E-state index contributed by atoms with van der Waals surface area (Å²) in [5.41, 5.74) is 0.867. The van der Waals surface area contributed by atoms with E-state index in [9.17, 15) is 10.1 Å². The van der Waals surface area contributed by atoms with E-state index in [2.05, 4.69) is 25.7 Å². The van der Waals surface area contributed by atoms with Crippen molar-refractivity contribution in [2.24, 2.45) is 5.92 Å². The van der Waals surface area contributed by atoms with Gasteiger partial charge in [0.2, 0.25) is 0 Å². The molecule has 108 valence electrons. The fraction of sp³-hybridized carbons (Fsp3) is 0.533. The summed E-state index contributed by atoms with van der Waals surface area (Å²) < 4.78 is 0. The largest absolute Gasteiger partial charge is 0.371 e. The molecule has 0 aliphatic heterocycles. The molecule has 0 N–H and O–H groups in total. The van der Waals surface area contributed by atoms with Crippen molar-refractivity contribution in [1.29, 1.82) is 5.26 Å². The van der Waals surface area contributed by atoms with E-state index in [1.807, 2.05) is 6.07 Å². The molecule has 0 heterocycles. The Morgan fingerprint density at radius 2 is 2.00 bits per heavy atom. The van der Waals surface area contributed by atoms with Gasteiger partial charge in [0.05, 0.1) is 4.92 Å². The van der Waals surface area contributed by atoms with Crippen LogP contribution in [-0.4, -0.2) is 18.0 Å². The summed E-state index contributed by atoms with van der Waals surface area (Å²) in [5.74, 6) is 0.593. The van der Waals surface area contributed by atoms with Crippen LogP contribution in [0.1, 0.15) is 39.2 Å². The fourth-order valence-electron chi connectivity index (χ4n) is 2.25. The van der Waals surface area contributed by atoms with E-state index in [4.69, 9.17) is 5.26 Å². The minimum Gasteiger partial charge on any atom is -0.371 e. The zero-order valence-corrected chi connectivity index (χ0v) is 12.3. The molecule has 0 atom stereocenters. The van der Waals surface area contributed by atoms with Gasteiger partial charge in [-0.2, -0.15) is 5.26 Å². The third kappa shape index (κ3) is 3.70. The lowest BCUT2D eigenvalue weighted by molar-refractivity contribution is -0.385. The molecule has 1 aromatic rings. The third-order valence-corrected chi connectivity index (χ3v) is 3.68. The molecular weight excluding hydrogens is 254 g/mol. The van der Waals surface area contributed by atoms with Gasteiger partial charge in [0.1, 0.15) is 11.6 Å². The molecule has 0 spiro atoms. The molecule has 5 nitrogen and oxygen atoms in total. The molecule has 20 heavy (non-hydrogen) atoms. The monoisotopic (exact) mass is 275 g/mol. The number of nitro benzene ring substituents is 1. The first kappa shape index (κ1) is 16.0. The SMILES string of the molecule is CCC(CC)CN(CC)c1ccc([N+](=O)[O-])c(C#N)c1. The van der Waals surface area contributed by atoms with E-state index < -0.39 is 4.92 Å². The highest BCUT2D eigenvalue weighted by Crippen LogP contribution is 2.25. The summed E-state index contributed by atoms with van der Waals surface area (Å²) in [4.78, 5) is 12.5. The number of hydrogen-bond donors (Lipinski definition) is 0. The van der Waals surface area contributed by atoms with Gasteiger partial charge >= 0.3 is 0 Å². The first-order valence-electron chi connectivity index (χ1n) is 7.00. The summed E-state index contributed by atoms with van der Waals surface area (Å²) >= 11 is 0. The highest BCUT2D eigenvalue weighted by molar-refractivity contribution is 5.59. The van der Waals surface area contributed by atoms with Crippen molar-refractivity contribution in [1.82, 2.24) is 0 Å². The van der Waals surface area contributed by atoms with Gasteiger partial charge in [-0.3, -0.25) is 10.1 Å². The number of benzene rings is 1. The molecule has 0 unspecified atom stereocenters. The Morgan fingerprint density at radius 1 is 1.35 bits per heavy atom. The Kier molecular flexibility index (Phi) is 5.98. The minimum absolute atomic E-state index is 0.121. The van der Waals surface area contributed by atoms with Crippen LogP contribution in [0.25, 0.3) is 0 Å². The van der Waals surface area contributed by atoms with E-state index in [1.54, 1.807) is 12.1 Å². The van der Waals surface area contributed by atoms with Crippen molar-refractivity contribution < 1.29 is 4.92 Å². The number of hydrogen-bond acceptors (Lipinski definition) is 4. The molecule has 0 bridgehead atoms. The lowest BCUT2D eigenvalue weighted by Crippen LogP contribution is -2.29. The van der Waals surface area contributed by atoms with Gasteiger partial charge < -0.3 is 4.90 Å². The van der Waals surface area contributed by atoms with Crippen LogP contribution >= 0.6 is 0 Å². The molecule has 0 amide bonds. The highest BCUT2D eigenvalue weighted by atomic mass is 16.6. The van der Waals surface area contributed by atoms with Gasteiger partial charge in [-0.25, -0.2) is 0 Å². The first-order valence-corrected chi connectivity index (χ1v) is 7.00. The molecule has 0 saturated carbocycles. The predicted octanol–water partition coefficient (Wildman–Crippen LogP) is 3.73. The molecule has 0 aliphatic rings. The Balaban J connectivity index is 3.05.